The van der Waals surface area contributed by atoms with Crippen LogP contribution in [-0.2, 0) is 9.53 Å². The van der Waals surface area contributed by atoms with Crippen LogP contribution in [0.2, 0.25) is 0 Å². The van der Waals surface area contributed by atoms with Crippen molar-refractivity contribution >= 4 is 23.4 Å². The van der Waals surface area contributed by atoms with Crippen LogP contribution in [-0.4, -0.2) is 36.6 Å². The average molecular weight is 285 g/mol. The maximum atomic E-state index is 11.2. The Kier molecular flexibility index (Phi) is 6.52. The monoisotopic (exact) mass is 285 g/mol. The van der Waals surface area contributed by atoms with Gasteiger partial charge in [-0.1, -0.05) is 0 Å². The van der Waals surface area contributed by atoms with Gasteiger partial charge in [-0.25, -0.2) is 0 Å². The fourth-order valence-corrected chi connectivity index (χ4v) is 2.35. The number of aliphatic hydroxyl groups excluding tert-OH is 1. The van der Waals surface area contributed by atoms with Crippen molar-refractivity contribution in [1.29, 1.82) is 0 Å². The van der Waals surface area contributed by atoms with Gasteiger partial charge >= 0.3 is 5.97 Å². The number of anilines is 1. The number of hydrogen-bond donors (Lipinski definition) is 2. The van der Waals surface area contributed by atoms with Crippen molar-refractivity contribution < 1.29 is 19.4 Å². The summed E-state index contributed by atoms with van der Waals surface area (Å²) < 4.78 is 9.88. The molecule has 0 aliphatic rings. The summed E-state index contributed by atoms with van der Waals surface area (Å²) in [5, 5.41) is 9.73. The number of nitrogens with two attached hydrogens (primary N) is 1. The maximum Gasteiger partial charge on any atom is 0.308 e. The largest absolute Gasteiger partial charge is 0.497 e. The third-order valence-corrected chi connectivity index (χ3v) is 3.58. The standard InChI is InChI=1S/C13H19NO4S/c1-3-18-13(16)6-9(15)8-19-12-7-10(17-2)4-5-11(12)14/h4-5,7,9,15H,3,6,8,14H2,1-2H3. The van der Waals surface area contributed by atoms with Crippen LogP contribution in [0.15, 0.2) is 23.1 Å². The van der Waals surface area contributed by atoms with Gasteiger partial charge in [-0.3, -0.25) is 4.79 Å². The molecule has 0 saturated heterocycles. The minimum absolute atomic E-state index is 0.00921. The van der Waals surface area contributed by atoms with Crippen LogP contribution in [0.3, 0.4) is 0 Å². The number of rotatable bonds is 7. The highest BCUT2D eigenvalue weighted by atomic mass is 32.2. The number of esters is 1. The van der Waals surface area contributed by atoms with E-state index in [-0.39, 0.29) is 6.42 Å². The van der Waals surface area contributed by atoms with Crippen LogP contribution in [0.4, 0.5) is 5.69 Å². The molecule has 0 spiro atoms. The van der Waals surface area contributed by atoms with E-state index < -0.39 is 12.1 Å². The van der Waals surface area contributed by atoms with Crippen LogP contribution in [0.1, 0.15) is 13.3 Å². The van der Waals surface area contributed by atoms with E-state index in [0.29, 0.717) is 23.8 Å². The van der Waals surface area contributed by atoms with Gasteiger partial charge in [0.1, 0.15) is 5.75 Å². The molecule has 19 heavy (non-hydrogen) atoms. The van der Waals surface area contributed by atoms with Crippen molar-refractivity contribution in [1.82, 2.24) is 0 Å². The summed E-state index contributed by atoms with van der Waals surface area (Å²) in [4.78, 5) is 12.0. The lowest BCUT2D eigenvalue weighted by atomic mass is 10.3. The van der Waals surface area contributed by atoms with Crippen LogP contribution in [0.25, 0.3) is 0 Å². The first-order valence-corrected chi connectivity index (χ1v) is 6.95. The number of carbonyl (C=O) groups excluding carboxylic acids is 1. The molecule has 0 aliphatic carbocycles. The fraction of sp³-hybridized carbons (Fsp3) is 0.462. The van der Waals surface area contributed by atoms with Gasteiger partial charge in [0.15, 0.2) is 0 Å². The molecule has 0 heterocycles. The molecule has 3 N–H and O–H groups in total. The summed E-state index contributed by atoms with van der Waals surface area (Å²) in [6.45, 7) is 2.05. The van der Waals surface area contributed by atoms with Gasteiger partial charge in [0.05, 0.1) is 26.2 Å². The van der Waals surface area contributed by atoms with Crippen LogP contribution in [0, 0.1) is 0 Å². The number of benzene rings is 1. The second-order valence-electron chi connectivity index (χ2n) is 3.88. The molecule has 1 aromatic carbocycles. The second-order valence-corrected chi connectivity index (χ2v) is 4.94. The van der Waals surface area contributed by atoms with E-state index in [4.69, 9.17) is 15.2 Å². The normalized spacial score (nSPS) is 11.9. The van der Waals surface area contributed by atoms with E-state index in [0.717, 1.165) is 4.90 Å². The lowest BCUT2D eigenvalue weighted by Gasteiger charge is -2.11. The molecular formula is C13H19NO4S. The van der Waals surface area contributed by atoms with Crippen molar-refractivity contribution in [3.8, 4) is 5.75 Å². The van der Waals surface area contributed by atoms with Crippen LogP contribution in [0.5, 0.6) is 5.75 Å². The molecule has 1 aromatic rings. The minimum Gasteiger partial charge on any atom is -0.497 e. The molecule has 6 heteroatoms. The number of aliphatic hydroxyl groups is 1. The van der Waals surface area contributed by atoms with Gasteiger partial charge in [-0.05, 0) is 25.1 Å². The van der Waals surface area contributed by atoms with Crippen molar-refractivity contribution in [2.24, 2.45) is 0 Å². The Labute approximate surface area is 117 Å². The fourth-order valence-electron chi connectivity index (χ4n) is 1.42. The van der Waals surface area contributed by atoms with Crippen molar-refractivity contribution in [3.05, 3.63) is 18.2 Å². The number of hydrogen-bond acceptors (Lipinski definition) is 6. The Morgan fingerprint density at radius 2 is 2.26 bits per heavy atom. The molecule has 1 rings (SSSR count). The number of thioether (sulfide) groups is 1. The van der Waals surface area contributed by atoms with Gasteiger partial charge in [0, 0.05) is 16.3 Å². The van der Waals surface area contributed by atoms with E-state index in [2.05, 4.69) is 0 Å². The predicted molar refractivity (Wildman–Crippen MR) is 75.4 cm³/mol. The molecular weight excluding hydrogens is 266 g/mol. The molecule has 1 atom stereocenters. The summed E-state index contributed by atoms with van der Waals surface area (Å²) in [6, 6.07) is 5.32. The Morgan fingerprint density at radius 3 is 2.89 bits per heavy atom. The topological polar surface area (TPSA) is 81.8 Å². The molecule has 0 fully saturated rings. The quantitative estimate of drug-likeness (QED) is 0.451. The van der Waals surface area contributed by atoms with Crippen molar-refractivity contribution in [2.75, 3.05) is 25.2 Å². The second kappa shape index (κ2) is 7.91. The van der Waals surface area contributed by atoms with Gasteiger partial charge in [0.2, 0.25) is 0 Å². The molecule has 5 nitrogen and oxygen atoms in total. The zero-order valence-electron chi connectivity index (χ0n) is 11.1. The minimum atomic E-state index is -0.755. The molecule has 0 aromatic heterocycles. The van der Waals surface area contributed by atoms with E-state index in [1.165, 1.54) is 11.8 Å². The summed E-state index contributed by atoms with van der Waals surface area (Å²) in [5.74, 6) is 0.682. The Hall–Kier alpha value is -1.40. The number of carbonyl (C=O) groups is 1. The zero-order chi connectivity index (χ0) is 14.3. The zero-order valence-corrected chi connectivity index (χ0v) is 11.9. The molecule has 0 amide bonds. The number of nitrogen functional groups attached to an aromatic ring is 1. The lowest BCUT2D eigenvalue weighted by Crippen LogP contribution is -2.17. The third kappa shape index (κ3) is 5.40. The molecule has 0 aliphatic heterocycles. The summed E-state index contributed by atoms with van der Waals surface area (Å²) in [6.07, 6.45) is -0.764. The molecule has 0 saturated carbocycles. The Balaban J connectivity index is 2.49. The highest BCUT2D eigenvalue weighted by Crippen LogP contribution is 2.29. The highest BCUT2D eigenvalue weighted by molar-refractivity contribution is 7.99. The van der Waals surface area contributed by atoms with Gasteiger partial charge in [-0.2, -0.15) is 0 Å². The summed E-state index contributed by atoms with van der Waals surface area (Å²) in [7, 11) is 1.58. The van der Waals surface area contributed by atoms with E-state index in [9.17, 15) is 9.90 Å². The Bertz CT molecular complexity index is 425. The van der Waals surface area contributed by atoms with E-state index in [1.54, 1.807) is 32.2 Å². The molecule has 0 bridgehead atoms. The SMILES string of the molecule is CCOC(=O)CC(O)CSc1cc(OC)ccc1N. The number of methoxy groups -OCH3 is 1. The summed E-state index contributed by atoms with van der Waals surface area (Å²) >= 11 is 1.38. The maximum absolute atomic E-state index is 11.2. The van der Waals surface area contributed by atoms with Crippen molar-refractivity contribution in [2.45, 2.75) is 24.3 Å². The van der Waals surface area contributed by atoms with E-state index >= 15 is 0 Å². The lowest BCUT2D eigenvalue weighted by molar-refractivity contribution is -0.144. The molecule has 1 unspecified atom stereocenters. The number of ether oxygens (including phenoxy) is 2. The van der Waals surface area contributed by atoms with Crippen LogP contribution < -0.4 is 10.5 Å². The van der Waals surface area contributed by atoms with Gasteiger partial charge < -0.3 is 20.3 Å². The first-order chi connectivity index (χ1) is 9.06. The first-order valence-electron chi connectivity index (χ1n) is 5.96. The predicted octanol–water partition coefficient (Wildman–Crippen LogP) is 1.68. The summed E-state index contributed by atoms with van der Waals surface area (Å²) in [5.41, 5.74) is 6.45. The average Bonchev–Trinajstić information content (AvgIpc) is 2.38. The van der Waals surface area contributed by atoms with Crippen LogP contribution >= 0.6 is 11.8 Å². The smallest absolute Gasteiger partial charge is 0.308 e. The van der Waals surface area contributed by atoms with Gasteiger partial charge in [-0.15, -0.1) is 11.8 Å². The molecule has 106 valence electrons. The van der Waals surface area contributed by atoms with E-state index in [1.807, 2.05) is 0 Å². The Morgan fingerprint density at radius 1 is 1.53 bits per heavy atom. The first kappa shape index (κ1) is 15.7. The molecule has 0 radical (unpaired) electrons. The highest BCUT2D eigenvalue weighted by Gasteiger charge is 2.13. The van der Waals surface area contributed by atoms with Gasteiger partial charge in [0.25, 0.3) is 0 Å². The third-order valence-electron chi connectivity index (χ3n) is 2.36. The van der Waals surface area contributed by atoms with Crippen molar-refractivity contribution in [3.63, 3.8) is 0 Å².